The van der Waals surface area contributed by atoms with E-state index in [1.165, 1.54) is 45.6 Å². The van der Waals surface area contributed by atoms with Gasteiger partial charge < -0.3 is 18.6 Å². The van der Waals surface area contributed by atoms with Crippen molar-refractivity contribution >= 4 is 32.6 Å². The number of nitrogens with zero attached hydrogens (tertiary/aromatic N) is 1. The van der Waals surface area contributed by atoms with Gasteiger partial charge in [0.05, 0.1) is 37.2 Å². The molecule has 9 heteroatoms. The smallest absolute Gasteiger partial charge is 0.344 e. The van der Waals surface area contributed by atoms with E-state index in [0.717, 1.165) is 0 Å². The molecular formula is C18H14BrNO7. The largest absolute Gasteiger partial charge is 0.495 e. The Hall–Kier alpha value is -3.07. The van der Waals surface area contributed by atoms with Crippen molar-refractivity contribution in [1.82, 2.24) is 0 Å². The Balaban J connectivity index is 2.33. The highest BCUT2D eigenvalue weighted by Crippen LogP contribution is 2.48. The minimum atomic E-state index is -0.624. The monoisotopic (exact) mass is 435 g/mol. The predicted octanol–water partition coefficient (Wildman–Crippen LogP) is 4.16. The van der Waals surface area contributed by atoms with Crippen molar-refractivity contribution in [2.24, 2.45) is 0 Å². The Morgan fingerprint density at radius 3 is 2.11 bits per heavy atom. The van der Waals surface area contributed by atoms with Crippen LogP contribution in [0, 0.1) is 10.1 Å². The molecule has 8 nitrogen and oxygen atoms in total. The molecule has 0 spiro atoms. The van der Waals surface area contributed by atoms with Gasteiger partial charge >= 0.3 is 5.63 Å². The molecule has 140 valence electrons. The molecular weight excluding hydrogens is 422 g/mol. The van der Waals surface area contributed by atoms with Crippen LogP contribution in [0.1, 0.15) is 0 Å². The number of nitro groups is 1. The summed E-state index contributed by atoms with van der Waals surface area (Å²) < 4.78 is 22.1. The molecule has 0 unspecified atom stereocenters. The molecule has 0 atom stereocenters. The zero-order valence-electron chi connectivity index (χ0n) is 14.6. The zero-order valence-corrected chi connectivity index (χ0v) is 16.2. The fraction of sp³-hybridized carbons (Fsp3) is 0.167. The van der Waals surface area contributed by atoms with E-state index >= 15 is 0 Å². The van der Waals surface area contributed by atoms with Gasteiger partial charge in [-0.2, -0.15) is 0 Å². The number of halogens is 1. The average molecular weight is 436 g/mol. The maximum absolute atomic E-state index is 12.6. The van der Waals surface area contributed by atoms with E-state index in [9.17, 15) is 14.9 Å². The molecule has 0 saturated carbocycles. The molecule has 3 aromatic rings. The maximum atomic E-state index is 12.6. The van der Waals surface area contributed by atoms with Crippen LogP contribution in [0.3, 0.4) is 0 Å². The first kappa shape index (κ1) is 18.7. The molecule has 1 heterocycles. The second-order valence-corrected chi connectivity index (χ2v) is 6.20. The molecule has 0 saturated heterocycles. The van der Waals surface area contributed by atoms with E-state index in [1.807, 2.05) is 0 Å². The number of fused-ring (bicyclic) bond motifs is 1. The SMILES string of the molecule is COc1c(Br)c(OC)c2cc(-c3ccc([N+](=O)[O-])cc3)c(=O)oc2c1OC. The van der Waals surface area contributed by atoms with Gasteiger partial charge in [0.15, 0.2) is 11.3 Å². The van der Waals surface area contributed by atoms with E-state index in [1.54, 1.807) is 6.07 Å². The quantitative estimate of drug-likeness (QED) is 0.336. The fourth-order valence-corrected chi connectivity index (χ4v) is 3.48. The van der Waals surface area contributed by atoms with E-state index in [2.05, 4.69) is 15.9 Å². The van der Waals surface area contributed by atoms with Gasteiger partial charge in [0.25, 0.3) is 5.69 Å². The first-order chi connectivity index (χ1) is 12.9. The molecule has 27 heavy (non-hydrogen) atoms. The number of non-ortho nitro benzene ring substituents is 1. The van der Waals surface area contributed by atoms with Gasteiger partial charge in [-0.15, -0.1) is 0 Å². The number of benzene rings is 2. The highest BCUT2D eigenvalue weighted by atomic mass is 79.9. The molecule has 0 aliphatic rings. The normalized spacial score (nSPS) is 10.7. The van der Waals surface area contributed by atoms with Gasteiger partial charge in [-0.05, 0) is 39.7 Å². The van der Waals surface area contributed by atoms with Crippen molar-refractivity contribution in [2.45, 2.75) is 0 Å². The van der Waals surface area contributed by atoms with Crippen LogP contribution < -0.4 is 19.8 Å². The van der Waals surface area contributed by atoms with Gasteiger partial charge in [0.1, 0.15) is 10.2 Å². The Kier molecular flexibility index (Phi) is 5.04. The maximum Gasteiger partial charge on any atom is 0.344 e. The predicted molar refractivity (Wildman–Crippen MR) is 102 cm³/mol. The summed E-state index contributed by atoms with van der Waals surface area (Å²) in [6, 6.07) is 7.20. The average Bonchev–Trinajstić information content (AvgIpc) is 2.67. The summed E-state index contributed by atoms with van der Waals surface area (Å²) in [5.74, 6) is 0.968. The third-order valence-corrected chi connectivity index (χ3v) is 4.73. The lowest BCUT2D eigenvalue weighted by atomic mass is 10.0. The number of nitro benzene ring substituents is 1. The van der Waals surface area contributed by atoms with Gasteiger partial charge in [-0.1, -0.05) is 0 Å². The Morgan fingerprint density at radius 2 is 1.59 bits per heavy atom. The van der Waals surface area contributed by atoms with Crippen LogP contribution >= 0.6 is 15.9 Å². The number of hydrogen-bond donors (Lipinski definition) is 0. The fourth-order valence-electron chi connectivity index (χ4n) is 2.76. The van der Waals surface area contributed by atoms with Gasteiger partial charge in [-0.25, -0.2) is 4.79 Å². The number of hydrogen-bond acceptors (Lipinski definition) is 7. The van der Waals surface area contributed by atoms with Gasteiger partial charge in [0.2, 0.25) is 5.75 Å². The second-order valence-electron chi connectivity index (χ2n) is 5.41. The van der Waals surface area contributed by atoms with E-state index in [-0.39, 0.29) is 22.6 Å². The summed E-state index contributed by atoms with van der Waals surface area (Å²) in [6.45, 7) is 0. The molecule has 0 N–H and O–H groups in total. The number of methoxy groups -OCH3 is 3. The summed E-state index contributed by atoms with van der Waals surface area (Å²) >= 11 is 3.41. The third kappa shape index (κ3) is 3.10. The topological polar surface area (TPSA) is 101 Å². The molecule has 0 fully saturated rings. The van der Waals surface area contributed by atoms with Crippen molar-refractivity contribution in [3.05, 3.63) is 55.3 Å². The van der Waals surface area contributed by atoms with Crippen LogP contribution in [0.4, 0.5) is 5.69 Å². The third-order valence-electron chi connectivity index (χ3n) is 4.01. The molecule has 1 aromatic heterocycles. The first-order valence-electron chi connectivity index (χ1n) is 7.63. The standard InChI is InChI=1S/C18H14BrNO7/c1-24-14-12-8-11(9-4-6-10(7-5-9)20(22)23)18(21)27-15(12)17(26-3)16(25-2)13(14)19/h4-8H,1-3H3. The summed E-state index contributed by atoms with van der Waals surface area (Å²) in [5, 5.41) is 11.3. The lowest BCUT2D eigenvalue weighted by molar-refractivity contribution is -0.384. The Morgan fingerprint density at radius 1 is 1.00 bits per heavy atom. The molecule has 0 aliphatic carbocycles. The van der Waals surface area contributed by atoms with Crippen LogP contribution in [0.15, 0.2) is 44.0 Å². The molecule has 0 aliphatic heterocycles. The van der Waals surface area contributed by atoms with Crippen molar-refractivity contribution < 1.29 is 23.6 Å². The Labute approximate surface area is 161 Å². The highest BCUT2D eigenvalue weighted by molar-refractivity contribution is 9.10. The van der Waals surface area contributed by atoms with Crippen molar-refractivity contribution in [2.75, 3.05) is 21.3 Å². The highest BCUT2D eigenvalue weighted by Gasteiger charge is 2.24. The van der Waals surface area contributed by atoms with Crippen LogP contribution in [-0.2, 0) is 0 Å². The lowest BCUT2D eigenvalue weighted by Crippen LogP contribution is -2.05. The summed E-state index contributed by atoms with van der Waals surface area (Å²) in [6.07, 6.45) is 0. The zero-order chi connectivity index (χ0) is 19.7. The molecule has 0 radical (unpaired) electrons. The van der Waals surface area contributed by atoms with Crippen LogP contribution in [-0.4, -0.2) is 26.3 Å². The number of rotatable bonds is 5. The van der Waals surface area contributed by atoms with Gasteiger partial charge in [0, 0.05) is 12.1 Å². The molecule has 0 amide bonds. The van der Waals surface area contributed by atoms with Gasteiger partial charge in [-0.3, -0.25) is 10.1 Å². The van der Waals surface area contributed by atoms with E-state index < -0.39 is 10.5 Å². The number of ether oxygens (including phenoxy) is 3. The van der Waals surface area contributed by atoms with E-state index in [0.29, 0.717) is 26.9 Å². The summed E-state index contributed by atoms with van der Waals surface area (Å²) in [7, 11) is 4.36. The van der Waals surface area contributed by atoms with Crippen molar-refractivity contribution in [3.8, 4) is 28.4 Å². The minimum absolute atomic E-state index is 0.0735. The molecule has 0 bridgehead atoms. The van der Waals surface area contributed by atoms with Crippen LogP contribution in [0.2, 0.25) is 0 Å². The van der Waals surface area contributed by atoms with Crippen LogP contribution in [0.5, 0.6) is 17.2 Å². The first-order valence-corrected chi connectivity index (χ1v) is 8.42. The van der Waals surface area contributed by atoms with Crippen LogP contribution in [0.25, 0.3) is 22.1 Å². The van der Waals surface area contributed by atoms with Crippen molar-refractivity contribution in [1.29, 1.82) is 0 Å². The Bertz CT molecular complexity index is 1090. The molecule has 2 aromatic carbocycles. The minimum Gasteiger partial charge on any atom is -0.495 e. The summed E-state index contributed by atoms with van der Waals surface area (Å²) in [5.41, 5.74) is 0.181. The molecule has 3 rings (SSSR count). The second kappa shape index (κ2) is 7.28. The van der Waals surface area contributed by atoms with E-state index in [4.69, 9.17) is 18.6 Å². The lowest BCUT2D eigenvalue weighted by Gasteiger charge is -2.16. The summed E-state index contributed by atoms with van der Waals surface area (Å²) in [4.78, 5) is 22.9. The van der Waals surface area contributed by atoms with Crippen molar-refractivity contribution in [3.63, 3.8) is 0 Å².